The van der Waals surface area contributed by atoms with Crippen molar-refractivity contribution in [2.45, 2.75) is 19.9 Å². The third-order valence-corrected chi connectivity index (χ3v) is 3.60. The molecule has 0 saturated heterocycles. The Balaban J connectivity index is 2.05. The van der Waals surface area contributed by atoms with E-state index in [0.29, 0.717) is 10.8 Å². The minimum Gasteiger partial charge on any atom is -0.341 e. The Morgan fingerprint density at radius 3 is 2.30 bits per heavy atom. The topological polar surface area (TPSA) is 76.0 Å². The predicted octanol–water partition coefficient (Wildman–Crippen LogP) is 2.53. The van der Waals surface area contributed by atoms with Gasteiger partial charge in [0.1, 0.15) is 0 Å². The largest absolute Gasteiger partial charge is 0.341 e. The first-order chi connectivity index (χ1) is 10.9. The molecule has 122 valence electrons. The van der Waals surface area contributed by atoms with Crippen molar-refractivity contribution < 1.29 is 9.59 Å². The van der Waals surface area contributed by atoms with Gasteiger partial charge in [0.15, 0.2) is 5.82 Å². The average molecular weight is 335 g/mol. The fourth-order valence-electron chi connectivity index (χ4n) is 2.17. The molecular formula is C16H19ClN4O2. The number of hydrogen-bond donors (Lipinski definition) is 2. The lowest BCUT2D eigenvalue weighted by atomic mass is 9.96. The Bertz CT molecular complexity index is 694. The van der Waals surface area contributed by atoms with Gasteiger partial charge in [-0.05, 0) is 23.6 Å². The zero-order chi connectivity index (χ0) is 17.0. The van der Waals surface area contributed by atoms with Crippen molar-refractivity contribution in [3.8, 4) is 0 Å². The van der Waals surface area contributed by atoms with Crippen LogP contribution >= 0.6 is 11.6 Å². The van der Waals surface area contributed by atoms with Crippen LogP contribution < -0.4 is 10.6 Å². The second-order valence-corrected chi connectivity index (χ2v) is 6.01. The third kappa shape index (κ3) is 4.56. The first kappa shape index (κ1) is 17.0. The lowest BCUT2D eigenvalue weighted by molar-refractivity contribution is -0.136. The van der Waals surface area contributed by atoms with E-state index in [1.54, 1.807) is 31.4 Å². The minimum atomic E-state index is -0.747. The van der Waals surface area contributed by atoms with Gasteiger partial charge in [-0.25, -0.2) is 0 Å². The Labute approximate surface area is 139 Å². The van der Waals surface area contributed by atoms with E-state index >= 15 is 0 Å². The number of carbonyl (C=O) groups excluding carboxylic acids is 2. The zero-order valence-corrected chi connectivity index (χ0v) is 14.0. The summed E-state index contributed by atoms with van der Waals surface area (Å²) in [7, 11) is 1.73. The van der Waals surface area contributed by atoms with Gasteiger partial charge in [-0.3, -0.25) is 14.3 Å². The van der Waals surface area contributed by atoms with Crippen LogP contribution in [0.2, 0.25) is 5.02 Å². The number of aromatic nitrogens is 2. The Morgan fingerprint density at radius 1 is 1.13 bits per heavy atom. The Kier molecular flexibility index (Phi) is 5.39. The van der Waals surface area contributed by atoms with Crippen molar-refractivity contribution in [1.29, 1.82) is 0 Å². The molecular weight excluding hydrogens is 316 g/mol. The molecule has 1 heterocycles. The van der Waals surface area contributed by atoms with Crippen LogP contribution in [0.25, 0.3) is 0 Å². The molecule has 0 radical (unpaired) electrons. The van der Waals surface area contributed by atoms with Crippen LogP contribution in [-0.2, 0) is 16.6 Å². The fraction of sp³-hybridized carbons (Fsp3) is 0.312. The number of nitrogens with one attached hydrogen (secondary N) is 2. The van der Waals surface area contributed by atoms with Crippen LogP contribution in [0.5, 0.6) is 0 Å². The predicted molar refractivity (Wildman–Crippen MR) is 89.0 cm³/mol. The van der Waals surface area contributed by atoms with Gasteiger partial charge in [0, 0.05) is 24.3 Å². The maximum Gasteiger partial charge on any atom is 0.314 e. The quantitative estimate of drug-likeness (QED) is 0.843. The molecule has 2 rings (SSSR count). The molecule has 7 heteroatoms. The normalized spacial score (nSPS) is 12.0. The van der Waals surface area contributed by atoms with Gasteiger partial charge >= 0.3 is 11.8 Å². The summed E-state index contributed by atoms with van der Waals surface area (Å²) in [5.41, 5.74) is 0.892. The third-order valence-electron chi connectivity index (χ3n) is 3.34. The van der Waals surface area contributed by atoms with Crippen LogP contribution in [0.4, 0.5) is 5.82 Å². The molecule has 1 atom stereocenters. The highest BCUT2D eigenvalue weighted by Crippen LogP contribution is 2.23. The van der Waals surface area contributed by atoms with E-state index in [1.165, 1.54) is 4.68 Å². The number of benzene rings is 1. The van der Waals surface area contributed by atoms with E-state index in [9.17, 15) is 9.59 Å². The van der Waals surface area contributed by atoms with Gasteiger partial charge in [-0.15, -0.1) is 0 Å². The summed E-state index contributed by atoms with van der Waals surface area (Å²) in [5, 5.41) is 9.84. The van der Waals surface area contributed by atoms with Crippen molar-refractivity contribution in [1.82, 2.24) is 15.1 Å². The molecule has 0 aliphatic rings. The molecule has 23 heavy (non-hydrogen) atoms. The van der Waals surface area contributed by atoms with E-state index in [-0.39, 0.29) is 12.0 Å². The summed E-state index contributed by atoms with van der Waals surface area (Å²) in [6.45, 7) is 3.94. The van der Waals surface area contributed by atoms with Gasteiger partial charge < -0.3 is 10.6 Å². The maximum atomic E-state index is 12.1. The zero-order valence-electron chi connectivity index (χ0n) is 13.2. The fourth-order valence-corrected chi connectivity index (χ4v) is 2.29. The monoisotopic (exact) mass is 334 g/mol. The Morgan fingerprint density at radius 2 is 1.78 bits per heavy atom. The molecule has 1 aromatic heterocycles. The summed E-state index contributed by atoms with van der Waals surface area (Å²) < 4.78 is 1.54. The van der Waals surface area contributed by atoms with E-state index in [4.69, 9.17) is 11.6 Å². The molecule has 0 bridgehead atoms. The van der Waals surface area contributed by atoms with E-state index in [0.717, 1.165) is 5.56 Å². The van der Waals surface area contributed by atoms with Gasteiger partial charge in [0.05, 0.1) is 6.04 Å². The molecule has 2 N–H and O–H groups in total. The van der Waals surface area contributed by atoms with Gasteiger partial charge in [-0.1, -0.05) is 37.6 Å². The highest BCUT2D eigenvalue weighted by molar-refractivity contribution is 6.39. The maximum absolute atomic E-state index is 12.1. The molecule has 2 aromatic rings. The van der Waals surface area contributed by atoms with Crippen molar-refractivity contribution in [3.63, 3.8) is 0 Å². The summed E-state index contributed by atoms with van der Waals surface area (Å²) in [6, 6.07) is 8.52. The Hall–Kier alpha value is -2.34. The number of nitrogens with zero attached hydrogens (tertiary/aromatic N) is 2. The molecule has 1 aromatic carbocycles. The molecule has 0 unspecified atom stereocenters. The number of rotatable bonds is 4. The van der Waals surface area contributed by atoms with Crippen molar-refractivity contribution in [2.75, 3.05) is 5.32 Å². The highest BCUT2D eigenvalue weighted by Gasteiger charge is 2.22. The number of carbonyl (C=O) groups is 2. The summed E-state index contributed by atoms with van der Waals surface area (Å²) in [6.07, 6.45) is 1.68. The van der Waals surface area contributed by atoms with E-state index in [1.807, 2.05) is 26.0 Å². The van der Waals surface area contributed by atoms with Gasteiger partial charge in [-0.2, -0.15) is 5.10 Å². The molecule has 0 spiro atoms. The standard InChI is InChI=1S/C16H19ClN4O2/c1-10(2)14(11-4-6-12(17)7-5-11)19-16(23)15(22)18-13-8-9-21(3)20-13/h4-10,14H,1-3H3,(H,19,23)(H,18,20,22)/t14-/m0/s1. The molecule has 0 aliphatic carbocycles. The SMILES string of the molecule is CC(C)[C@H](NC(=O)C(=O)Nc1ccn(C)n1)c1ccc(Cl)cc1. The minimum absolute atomic E-state index is 0.114. The molecule has 0 fully saturated rings. The molecule has 6 nitrogen and oxygen atoms in total. The lowest BCUT2D eigenvalue weighted by Crippen LogP contribution is -2.39. The number of amides is 2. The van der Waals surface area contributed by atoms with Crippen LogP contribution in [-0.4, -0.2) is 21.6 Å². The van der Waals surface area contributed by atoms with E-state index in [2.05, 4.69) is 15.7 Å². The van der Waals surface area contributed by atoms with Crippen LogP contribution in [0.1, 0.15) is 25.5 Å². The highest BCUT2D eigenvalue weighted by atomic mass is 35.5. The lowest BCUT2D eigenvalue weighted by Gasteiger charge is -2.22. The molecule has 2 amide bonds. The van der Waals surface area contributed by atoms with Gasteiger partial charge in [0.2, 0.25) is 0 Å². The van der Waals surface area contributed by atoms with Crippen molar-refractivity contribution >= 4 is 29.2 Å². The second-order valence-electron chi connectivity index (χ2n) is 5.58. The summed E-state index contributed by atoms with van der Waals surface area (Å²) >= 11 is 5.88. The van der Waals surface area contributed by atoms with Crippen LogP contribution in [0.3, 0.4) is 0 Å². The van der Waals surface area contributed by atoms with Gasteiger partial charge in [0.25, 0.3) is 0 Å². The average Bonchev–Trinajstić information content (AvgIpc) is 2.90. The summed E-state index contributed by atoms with van der Waals surface area (Å²) in [4.78, 5) is 24.1. The molecule has 0 aliphatic heterocycles. The number of aryl methyl sites for hydroxylation is 1. The van der Waals surface area contributed by atoms with Crippen LogP contribution in [0, 0.1) is 5.92 Å². The van der Waals surface area contributed by atoms with Crippen molar-refractivity contribution in [2.24, 2.45) is 13.0 Å². The number of anilines is 1. The summed E-state index contributed by atoms with van der Waals surface area (Å²) in [5.74, 6) is -1.00. The first-order valence-electron chi connectivity index (χ1n) is 7.24. The second kappa shape index (κ2) is 7.28. The number of hydrogen-bond acceptors (Lipinski definition) is 3. The van der Waals surface area contributed by atoms with Crippen LogP contribution in [0.15, 0.2) is 36.5 Å². The van der Waals surface area contributed by atoms with Crippen molar-refractivity contribution in [3.05, 3.63) is 47.1 Å². The number of halogens is 1. The smallest absolute Gasteiger partial charge is 0.314 e. The molecule has 0 saturated carbocycles. The van der Waals surface area contributed by atoms with E-state index < -0.39 is 11.8 Å². The first-order valence-corrected chi connectivity index (χ1v) is 7.61.